The monoisotopic (exact) mass is 318 g/mol. The summed E-state index contributed by atoms with van der Waals surface area (Å²) in [7, 11) is 0. The number of nitrogens with zero attached hydrogens (tertiary/aromatic N) is 2. The number of benzene rings is 1. The topological polar surface area (TPSA) is 36.7 Å². The summed E-state index contributed by atoms with van der Waals surface area (Å²) in [5, 5.41) is 10.3. The molecule has 4 heteroatoms. The number of thiazole rings is 1. The second kappa shape index (κ2) is 4.18. The van der Waals surface area contributed by atoms with Crippen molar-refractivity contribution in [1.82, 2.24) is 4.98 Å². The third kappa shape index (κ3) is 1.88. The van der Waals surface area contributed by atoms with Crippen LogP contribution in [0.25, 0.3) is 10.6 Å². The summed E-state index contributed by atoms with van der Waals surface area (Å²) in [6, 6.07) is 10.6. The first-order chi connectivity index (χ1) is 8.64. The molecule has 0 N–H and O–H groups in total. The molecule has 1 fully saturated rings. The van der Waals surface area contributed by atoms with Crippen LogP contribution >= 0.6 is 27.3 Å². The van der Waals surface area contributed by atoms with Crippen LogP contribution in [0, 0.1) is 18.3 Å². The summed E-state index contributed by atoms with van der Waals surface area (Å²) < 4.78 is 1.07. The van der Waals surface area contributed by atoms with Crippen LogP contribution in [0.5, 0.6) is 0 Å². The minimum atomic E-state index is -0.227. The second-order valence-corrected chi connectivity index (χ2v) is 6.55. The standard InChI is InChI=1S/C14H11BrN2S/c1-9-12(14(8-16)6-7-14)18-13(17-9)10-2-4-11(15)5-3-10/h2-5H,6-7H2,1H3. The molecule has 0 saturated heterocycles. The minimum Gasteiger partial charge on any atom is -0.241 e. The maximum Gasteiger partial charge on any atom is 0.123 e. The van der Waals surface area contributed by atoms with Gasteiger partial charge in [-0.3, -0.25) is 0 Å². The number of halogens is 1. The molecule has 90 valence electrons. The van der Waals surface area contributed by atoms with Crippen molar-refractivity contribution in [1.29, 1.82) is 5.26 Å². The molecule has 1 heterocycles. The number of aromatic nitrogens is 1. The molecular weight excluding hydrogens is 308 g/mol. The van der Waals surface area contributed by atoms with E-state index in [1.807, 2.05) is 19.1 Å². The van der Waals surface area contributed by atoms with Crippen LogP contribution in [0.3, 0.4) is 0 Å². The Morgan fingerprint density at radius 1 is 1.33 bits per heavy atom. The van der Waals surface area contributed by atoms with Crippen molar-refractivity contribution in [2.45, 2.75) is 25.2 Å². The molecule has 18 heavy (non-hydrogen) atoms. The summed E-state index contributed by atoms with van der Waals surface area (Å²) in [6.45, 7) is 2.01. The van der Waals surface area contributed by atoms with Gasteiger partial charge in [-0.05, 0) is 31.9 Å². The van der Waals surface area contributed by atoms with Gasteiger partial charge in [0.15, 0.2) is 0 Å². The highest BCUT2D eigenvalue weighted by atomic mass is 79.9. The van der Waals surface area contributed by atoms with Gasteiger partial charge in [0.25, 0.3) is 0 Å². The van der Waals surface area contributed by atoms with Crippen LogP contribution in [0.2, 0.25) is 0 Å². The quantitative estimate of drug-likeness (QED) is 0.821. The third-order valence-electron chi connectivity index (χ3n) is 3.29. The van der Waals surface area contributed by atoms with Crippen LogP contribution < -0.4 is 0 Å². The highest BCUT2D eigenvalue weighted by Crippen LogP contribution is 2.51. The first kappa shape index (κ1) is 11.9. The summed E-state index contributed by atoms with van der Waals surface area (Å²) >= 11 is 5.09. The molecule has 1 saturated carbocycles. The zero-order valence-electron chi connectivity index (χ0n) is 9.90. The van der Waals surface area contributed by atoms with Crippen molar-refractivity contribution < 1.29 is 0 Å². The molecule has 0 atom stereocenters. The van der Waals surface area contributed by atoms with Gasteiger partial charge in [-0.1, -0.05) is 28.1 Å². The van der Waals surface area contributed by atoms with E-state index in [0.29, 0.717) is 0 Å². The van der Waals surface area contributed by atoms with Gasteiger partial charge in [0.2, 0.25) is 0 Å². The first-order valence-electron chi connectivity index (χ1n) is 5.80. The van der Waals surface area contributed by atoms with E-state index in [-0.39, 0.29) is 5.41 Å². The van der Waals surface area contributed by atoms with E-state index in [4.69, 9.17) is 0 Å². The lowest BCUT2D eigenvalue weighted by Crippen LogP contribution is -2.01. The minimum absolute atomic E-state index is 0.227. The molecule has 0 amide bonds. The van der Waals surface area contributed by atoms with Crippen molar-refractivity contribution in [3.63, 3.8) is 0 Å². The van der Waals surface area contributed by atoms with Crippen LogP contribution in [0.4, 0.5) is 0 Å². The zero-order valence-corrected chi connectivity index (χ0v) is 12.3. The molecule has 1 aromatic heterocycles. The molecule has 2 nitrogen and oxygen atoms in total. The SMILES string of the molecule is Cc1nc(-c2ccc(Br)cc2)sc1C1(C#N)CC1. The summed E-state index contributed by atoms with van der Waals surface area (Å²) in [5.74, 6) is 0. The van der Waals surface area contributed by atoms with E-state index >= 15 is 0 Å². The highest BCUT2D eigenvalue weighted by molar-refractivity contribution is 9.10. The predicted octanol–water partition coefficient (Wildman–Crippen LogP) is 4.44. The molecule has 0 aliphatic heterocycles. The molecule has 0 bridgehead atoms. The van der Waals surface area contributed by atoms with Crippen LogP contribution in [0.1, 0.15) is 23.4 Å². The van der Waals surface area contributed by atoms with Gasteiger partial charge in [0.05, 0.1) is 17.2 Å². The number of aryl methyl sites for hydroxylation is 1. The van der Waals surface area contributed by atoms with Crippen molar-refractivity contribution in [2.75, 3.05) is 0 Å². The normalized spacial score (nSPS) is 16.3. The predicted molar refractivity (Wildman–Crippen MR) is 76.5 cm³/mol. The van der Waals surface area contributed by atoms with E-state index in [0.717, 1.165) is 38.5 Å². The van der Waals surface area contributed by atoms with Crippen LogP contribution in [-0.2, 0) is 5.41 Å². The van der Waals surface area contributed by atoms with Crippen molar-refractivity contribution in [3.8, 4) is 16.6 Å². The van der Waals surface area contributed by atoms with E-state index < -0.39 is 0 Å². The Labute approximate surface area is 118 Å². The van der Waals surface area contributed by atoms with Gasteiger partial charge in [-0.2, -0.15) is 5.26 Å². The fraction of sp³-hybridized carbons (Fsp3) is 0.286. The molecule has 1 aliphatic rings. The summed E-state index contributed by atoms with van der Waals surface area (Å²) in [5.41, 5.74) is 1.90. The lowest BCUT2D eigenvalue weighted by atomic mass is 10.1. The van der Waals surface area contributed by atoms with E-state index in [9.17, 15) is 5.26 Å². The Hall–Kier alpha value is -1.18. The molecule has 0 spiro atoms. The molecule has 1 aliphatic carbocycles. The summed E-state index contributed by atoms with van der Waals surface area (Å²) in [6.07, 6.45) is 1.96. The van der Waals surface area contributed by atoms with E-state index in [1.54, 1.807) is 11.3 Å². The van der Waals surface area contributed by atoms with Gasteiger partial charge >= 0.3 is 0 Å². The molecule has 1 aromatic carbocycles. The van der Waals surface area contributed by atoms with Gasteiger partial charge in [0, 0.05) is 14.9 Å². The lowest BCUT2D eigenvalue weighted by Gasteiger charge is -2.01. The molecule has 2 aromatic rings. The van der Waals surface area contributed by atoms with Crippen LogP contribution in [0.15, 0.2) is 28.7 Å². The maximum absolute atomic E-state index is 9.27. The van der Waals surface area contributed by atoms with Crippen molar-refractivity contribution in [2.24, 2.45) is 0 Å². The van der Waals surface area contributed by atoms with Crippen LogP contribution in [-0.4, -0.2) is 4.98 Å². The lowest BCUT2D eigenvalue weighted by molar-refractivity contribution is 0.914. The van der Waals surface area contributed by atoms with Gasteiger partial charge < -0.3 is 0 Å². The Balaban J connectivity index is 2.03. The molecule has 0 unspecified atom stereocenters. The fourth-order valence-corrected chi connectivity index (χ4v) is 3.60. The van der Waals surface area contributed by atoms with E-state index in [2.05, 4.69) is 39.1 Å². The Morgan fingerprint density at radius 3 is 2.56 bits per heavy atom. The number of hydrogen-bond acceptors (Lipinski definition) is 3. The van der Waals surface area contributed by atoms with Crippen molar-refractivity contribution >= 4 is 27.3 Å². The number of hydrogen-bond donors (Lipinski definition) is 0. The first-order valence-corrected chi connectivity index (χ1v) is 7.41. The van der Waals surface area contributed by atoms with E-state index in [1.165, 1.54) is 0 Å². The van der Waals surface area contributed by atoms with Gasteiger partial charge in [0.1, 0.15) is 5.01 Å². The van der Waals surface area contributed by atoms with Crippen molar-refractivity contribution in [3.05, 3.63) is 39.3 Å². The highest BCUT2D eigenvalue weighted by Gasteiger charge is 2.47. The Morgan fingerprint density at radius 2 is 2.00 bits per heavy atom. The fourth-order valence-electron chi connectivity index (χ4n) is 2.07. The smallest absolute Gasteiger partial charge is 0.123 e. The third-order valence-corrected chi connectivity index (χ3v) is 5.23. The average Bonchev–Trinajstić information content (AvgIpc) is 3.08. The number of nitriles is 1. The maximum atomic E-state index is 9.27. The van der Waals surface area contributed by atoms with Gasteiger partial charge in [-0.15, -0.1) is 11.3 Å². The number of rotatable bonds is 2. The molecular formula is C14H11BrN2S. The average molecular weight is 319 g/mol. The Kier molecular flexibility index (Phi) is 2.76. The Bertz CT molecular complexity index is 633. The zero-order chi connectivity index (χ0) is 12.8. The molecule has 0 radical (unpaired) electrons. The van der Waals surface area contributed by atoms with Gasteiger partial charge in [-0.25, -0.2) is 4.98 Å². The molecule has 3 rings (SSSR count). The second-order valence-electron chi connectivity index (χ2n) is 4.63. The summed E-state index contributed by atoms with van der Waals surface area (Å²) in [4.78, 5) is 5.77. The largest absolute Gasteiger partial charge is 0.241 e.